The molecule has 2 aromatic carbocycles. The minimum Gasteiger partial charge on any atom is -0.368 e. The van der Waals surface area contributed by atoms with E-state index in [0.717, 1.165) is 93.0 Å². The molecule has 4 amide bonds. The van der Waals surface area contributed by atoms with E-state index in [4.69, 9.17) is 18.2 Å². The monoisotopic (exact) mass is 762 g/mol. The molecule has 15 heteroatoms. The summed E-state index contributed by atoms with van der Waals surface area (Å²) in [4.78, 5) is 66.6. The Morgan fingerprint density at radius 1 is 0.855 bits per heavy atom. The minimum atomic E-state index is -0.970. The van der Waals surface area contributed by atoms with Crippen molar-refractivity contribution in [1.82, 2.24) is 25.3 Å². The van der Waals surface area contributed by atoms with E-state index < -0.39 is 23.8 Å². The second-order valence-corrected chi connectivity index (χ2v) is 16.5. The van der Waals surface area contributed by atoms with Crippen LogP contribution in [0.5, 0.6) is 0 Å². The quantitative estimate of drug-likeness (QED) is 0.277. The zero-order valence-electron chi connectivity index (χ0n) is 30.9. The lowest BCUT2D eigenvalue weighted by Gasteiger charge is -2.52. The van der Waals surface area contributed by atoms with Gasteiger partial charge in [0.05, 0.1) is 17.7 Å². The number of nitrogens with zero attached hydrogens (tertiary/aromatic N) is 9. The minimum absolute atomic E-state index is 0.0942. The number of carbonyl (C=O) groups is 4. The van der Waals surface area contributed by atoms with E-state index >= 15 is 0 Å². The van der Waals surface area contributed by atoms with Crippen molar-refractivity contribution in [3.63, 3.8) is 0 Å². The number of hydrogen-bond donors (Lipinski definition) is 1. The van der Waals surface area contributed by atoms with Crippen molar-refractivity contribution in [1.29, 1.82) is 0 Å². The highest BCUT2D eigenvalue weighted by molar-refractivity contribution is 6.33. The van der Waals surface area contributed by atoms with Gasteiger partial charge < -0.3 is 19.6 Å². The number of carbonyl (C=O) groups excluding carboxylic acids is 4. The first-order chi connectivity index (χ1) is 26.5. The van der Waals surface area contributed by atoms with Crippen LogP contribution >= 0.6 is 11.6 Å². The zero-order chi connectivity index (χ0) is 38.2. The van der Waals surface area contributed by atoms with E-state index in [1.807, 2.05) is 24.3 Å². The Balaban J connectivity index is 0.744. The Morgan fingerprint density at radius 3 is 2.16 bits per heavy atom. The molecule has 1 unspecified atom stereocenters. The highest BCUT2D eigenvalue weighted by Gasteiger charge is 2.47. The number of aromatic nitrogens is 2. The first-order valence-corrected chi connectivity index (χ1v) is 19.5. The summed E-state index contributed by atoms with van der Waals surface area (Å²) in [6.45, 7) is 15.8. The summed E-state index contributed by atoms with van der Waals surface area (Å²) in [5.74, 6) is -0.155. The van der Waals surface area contributed by atoms with Crippen molar-refractivity contribution in [3.05, 3.63) is 76.1 Å². The number of piperidine rings is 2. The van der Waals surface area contributed by atoms with E-state index in [9.17, 15) is 19.2 Å². The molecule has 55 heavy (non-hydrogen) atoms. The maximum atomic E-state index is 13.3. The molecule has 5 saturated heterocycles. The molecule has 0 aliphatic carbocycles. The van der Waals surface area contributed by atoms with Gasteiger partial charge >= 0.3 is 0 Å². The van der Waals surface area contributed by atoms with E-state index in [2.05, 4.69) is 71.0 Å². The lowest BCUT2D eigenvalue weighted by atomic mass is 9.77. The van der Waals surface area contributed by atoms with Crippen molar-refractivity contribution < 1.29 is 19.2 Å². The molecule has 9 rings (SSSR count). The standard InChI is InChI=1S/C40H43ClN10O4/c1-24-18-40(23-50(24)26-5-7-32(42-2)31(41)17-26)12-14-47(15-13-40)34-9-10-35(45-44-34)49-21-28(22-49)46(3)27-19-48(20-27)25-4-6-29-30(16-25)39(55)51(38(29)54)33-8-11-36(52)43-37(33)53/h4-7,9-10,16-17,24,27-28,33H,8,11-15,18-23H2,1,3H3,(H,43,52,53)/t24-,33?/m0/s1. The Kier molecular flexibility index (Phi) is 8.69. The Bertz CT molecular complexity index is 2120. The first kappa shape index (κ1) is 35.4. The summed E-state index contributed by atoms with van der Waals surface area (Å²) < 4.78 is 0. The van der Waals surface area contributed by atoms with Crippen LogP contribution in [0.4, 0.5) is 28.7 Å². The topological polar surface area (TPSA) is 130 Å². The van der Waals surface area contributed by atoms with Gasteiger partial charge in [0, 0.05) is 86.8 Å². The third-order valence-electron chi connectivity index (χ3n) is 12.9. The van der Waals surface area contributed by atoms with E-state index in [1.54, 1.807) is 12.1 Å². The van der Waals surface area contributed by atoms with Crippen molar-refractivity contribution in [2.24, 2.45) is 5.41 Å². The van der Waals surface area contributed by atoms with Crippen LogP contribution in [-0.4, -0.2) is 121 Å². The third-order valence-corrected chi connectivity index (χ3v) is 13.2. The molecule has 5 fully saturated rings. The molecule has 3 aromatic rings. The molecular formula is C40H43ClN10O4. The second-order valence-electron chi connectivity index (χ2n) is 16.1. The highest BCUT2D eigenvalue weighted by atomic mass is 35.5. The number of amides is 4. The van der Waals surface area contributed by atoms with Crippen LogP contribution in [0, 0.1) is 12.0 Å². The van der Waals surface area contributed by atoms with Gasteiger partial charge in [-0.05, 0) is 87.5 Å². The maximum absolute atomic E-state index is 13.3. The Morgan fingerprint density at radius 2 is 1.51 bits per heavy atom. The molecule has 0 bridgehead atoms. The molecule has 6 aliphatic heterocycles. The van der Waals surface area contributed by atoms with Crippen molar-refractivity contribution in [3.8, 4) is 0 Å². The van der Waals surface area contributed by atoms with E-state index in [-0.39, 0.29) is 24.2 Å². The molecule has 1 aromatic heterocycles. The molecular weight excluding hydrogens is 720 g/mol. The predicted molar refractivity (Wildman–Crippen MR) is 208 cm³/mol. The number of halogens is 1. The summed E-state index contributed by atoms with van der Waals surface area (Å²) in [6.07, 6.45) is 3.56. The first-order valence-electron chi connectivity index (χ1n) is 19.1. The number of rotatable bonds is 7. The number of fused-ring (bicyclic) bond motifs is 1. The van der Waals surface area contributed by atoms with Crippen LogP contribution in [0.1, 0.15) is 59.7 Å². The fraction of sp³-hybridized carbons (Fsp3) is 0.475. The molecule has 7 heterocycles. The number of anilines is 4. The van der Waals surface area contributed by atoms with E-state index in [1.165, 1.54) is 0 Å². The van der Waals surface area contributed by atoms with Gasteiger partial charge in [0.2, 0.25) is 17.5 Å². The maximum Gasteiger partial charge on any atom is 0.262 e. The van der Waals surface area contributed by atoms with Gasteiger partial charge in [-0.2, -0.15) is 0 Å². The SMILES string of the molecule is [C-]#[N+]c1ccc(N2CC3(CCN(c4ccc(N5CC(N(C)C6CN(c7ccc8c(c7)C(=O)N(C7CCC(=O)NC7=O)C8=O)C6)C5)nn4)CC3)C[C@@H]2C)cc1Cl. The number of imide groups is 2. The summed E-state index contributed by atoms with van der Waals surface area (Å²) >= 11 is 6.38. The van der Waals surface area contributed by atoms with Gasteiger partial charge in [0.1, 0.15) is 6.04 Å². The van der Waals surface area contributed by atoms with Crippen LogP contribution in [0.2, 0.25) is 5.02 Å². The number of likely N-dealkylation sites (N-methyl/N-ethyl adjacent to an activating group) is 1. The molecule has 14 nitrogen and oxygen atoms in total. The van der Waals surface area contributed by atoms with E-state index in [0.29, 0.717) is 40.0 Å². The smallest absolute Gasteiger partial charge is 0.262 e. The van der Waals surface area contributed by atoms with Gasteiger partial charge in [-0.25, -0.2) is 4.85 Å². The Hall–Kier alpha value is -5.26. The number of nitrogens with one attached hydrogen (secondary N) is 1. The summed E-state index contributed by atoms with van der Waals surface area (Å²) in [7, 11) is 2.16. The predicted octanol–water partition coefficient (Wildman–Crippen LogP) is 3.98. The molecule has 0 saturated carbocycles. The van der Waals surface area contributed by atoms with Gasteiger partial charge in [-0.1, -0.05) is 17.7 Å². The number of hydrogen-bond acceptors (Lipinski definition) is 11. The molecule has 2 atom stereocenters. The Labute approximate surface area is 324 Å². The average molecular weight is 763 g/mol. The van der Waals surface area contributed by atoms with Crippen LogP contribution in [0.15, 0.2) is 48.5 Å². The fourth-order valence-electron chi connectivity index (χ4n) is 9.43. The largest absolute Gasteiger partial charge is 0.368 e. The lowest BCUT2D eigenvalue weighted by molar-refractivity contribution is -0.136. The molecule has 6 aliphatic rings. The molecule has 284 valence electrons. The average Bonchev–Trinajstić information content (AvgIpc) is 3.58. The van der Waals surface area contributed by atoms with Gasteiger partial charge in [-0.3, -0.25) is 34.3 Å². The van der Waals surface area contributed by atoms with Gasteiger partial charge in [0.25, 0.3) is 11.8 Å². The summed E-state index contributed by atoms with van der Waals surface area (Å²) in [6, 6.07) is 15.5. The van der Waals surface area contributed by atoms with Crippen molar-refractivity contribution in [2.45, 2.75) is 63.2 Å². The van der Waals surface area contributed by atoms with Crippen LogP contribution < -0.4 is 24.9 Å². The summed E-state index contributed by atoms with van der Waals surface area (Å²) in [5, 5.41) is 12.0. The second kappa shape index (κ2) is 13.5. The highest BCUT2D eigenvalue weighted by Crippen LogP contribution is 2.46. The molecule has 0 radical (unpaired) electrons. The number of benzene rings is 2. The van der Waals surface area contributed by atoms with Crippen molar-refractivity contribution in [2.75, 3.05) is 72.5 Å². The molecule has 1 N–H and O–H groups in total. The van der Waals surface area contributed by atoms with Crippen molar-refractivity contribution >= 4 is 63.9 Å². The zero-order valence-corrected chi connectivity index (χ0v) is 31.7. The normalized spacial score (nSPS) is 24.0. The summed E-state index contributed by atoms with van der Waals surface area (Å²) in [5.41, 5.74) is 3.31. The van der Waals surface area contributed by atoms with Crippen LogP contribution in [0.3, 0.4) is 0 Å². The van der Waals surface area contributed by atoms with Gasteiger partial charge in [0.15, 0.2) is 11.6 Å². The van der Waals surface area contributed by atoms with Crippen LogP contribution in [-0.2, 0) is 9.59 Å². The lowest BCUT2D eigenvalue weighted by Crippen LogP contribution is -2.67. The van der Waals surface area contributed by atoms with Crippen LogP contribution in [0.25, 0.3) is 4.85 Å². The fourth-order valence-corrected chi connectivity index (χ4v) is 9.65. The van der Waals surface area contributed by atoms with Gasteiger partial charge in [-0.15, -0.1) is 10.2 Å². The third kappa shape index (κ3) is 6.14. The molecule has 1 spiro atoms.